The van der Waals surface area contributed by atoms with Gasteiger partial charge in [-0.2, -0.15) is 0 Å². The van der Waals surface area contributed by atoms with Crippen molar-refractivity contribution in [3.05, 3.63) is 59.8 Å². The number of hydrogen-bond donors (Lipinski definition) is 1. The maximum absolute atomic E-state index is 12.4. The van der Waals surface area contributed by atoms with E-state index in [-0.39, 0.29) is 6.03 Å². The molecule has 2 aromatic carbocycles. The number of carbonyl (C=O) groups excluding carboxylic acids is 1. The van der Waals surface area contributed by atoms with Gasteiger partial charge in [-0.15, -0.1) is 0 Å². The average Bonchev–Trinajstić information content (AvgIpc) is 2.97. The van der Waals surface area contributed by atoms with Gasteiger partial charge in [-0.25, -0.2) is 4.79 Å². The van der Waals surface area contributed by atoms with E-state index in [9.17, 15) is 4.79 Å². The van der Waals surface area contributed by atoms with Crippen LogP contribution < -0.4 is 10.2 Å². The highest BCUT2D eigenvalue weighted by Gasteiger charge is 2.15. The zero-order valence-corrected chi connectivity index (χ0v) is 13.2. The van der Waals surface area contributed by atoms with Gasteiger partial charge in [-0.3, -0.25) is 4.90 Å². The van der Waals surface area contributed by atoms with Gasteiger partial charge < -0.3 is 9.84 Å². The van der Waals surface area contributed by atoms with Crippen molar-refractivity contribution in [2.45, 2.75) is 20.4 Å². The molecule has 118 valence electrons. The van der Waals surface area contributed by atoms with Crippen molar-refractivity contribution >= 4 is 22.7 Å². The molecule has 1 aromatic heterocycles. The molecule has 1 N–H and O–H groups in total. The average molecular weight is 309 g/mol. The van der Waals surface area contributed by atoms with Crippen molar-refractivity contribution in [3.63, 3.8) is 0 Å². The first-order valence-electron chi connectivity index (χ1n) is 7.64. The van der Waals surface area contributed by atoms with Crippen molar-refractivity contribution in [2.75, 3.05) is 11.4 Å². The number of aryl methyl sites for hydroxylation is 1. The number of nitrogens with one attached hydrogen (secondary N) is 1. The lowest BCUT2D eigenvalue weighted by molar-refractivity contribution is 0.246. The quantitative estimate of drug-likeness (QED) is 0.796. The monoisotopic (exact) mass is 309 g/mol. The Kier molecular flexibility index (Phi) is 4.28. The Hall–Kier alpha value is -2.82. The van der Waals surface area contributed by atoms with Crippen molar-refractivity contribution in [2.24, 2.45) is 0 Å². The fraction of sp³-hybridized carbons (Fsp3) is 0.222. The molecule has 0 aliphatic rings. The van der Waals surface area contributed by atoms with Crippen LogP contribution in [0.25, 0.3) is 11.0 Å². The molecule has 0 radical (unpaired) electrons. The number of rotatable bonds is 4. The molecule has 0 atom stereocenters. The molecule has 0 aliphatic carbocycles. The second kappa shape index (κ2) is 6.52. The highest BCUT2D eigenvalue weighted by Crippen LogP contribution is 2.20. The number of anilines is 1. The molecule has 23 heavy (non-hydrogen) atoms. The van der Waals surface area contributed by atoms with Crippen LogP contribution in [0.5, 0.6) is 0 Å². The Morgan fingerprint density at radius 1 is 1.22 bits per heavy atom. The number of nitrogens with zero attached hydrogens (tertiary/aromatic N) is 2. The molecule has 2 amide bonds. The van der Waals surface area contributed by atoms with E-state index in [1.807, 2.05) is 62.4 Å². The van der Waals surface area contributed by atoms with Crippen LogP contribution in [0.1, 0.15) is 18.2 Å². The molecule has 0 saturated carbocycles. The molecule has 3 aromatic rings. The van der Waals surface area contributed by atoms with Crippen LogP contribution in [0.15, 0.2) is 53.1 Å². The lowest BCUT2D eigenvalue weighted by Gasteiger charge is -2.21. The maximum Gasteiger partial charge on any atom is 0.322 e. The predicted octanol–water partition coefficient (Wildman–Crippen LogP) is 3.87. The maximum atomic E-state index is 12.4. The zero-order valence-electron chi connectivity index (χ0n) is 13.2. The van der Waals surface area contributed by atoms with Crippen LogP contribution in [0.3, 0.4) is 0 Å². The van der Waals surface area contributed by atoms with E-state index in [4.69, 9.17) is 4.52 Å². The van der Waals surface area contributed by atoms with Crippen molar-refractivity contribution in [3.8, 4) is 0 Å². The fourth-order valence-corrected chi connectivity index (χ4v) is 2.54. The van der Waals surface area contributed by atoms with Crippen LogP contribution in [-0.4, -0.2) is 17.7 Å². The highest BCUT2D eigenvalue weighted by molar-refractivity contribution is 5.92. The van der Waals surface area contributed by atoms with Crippen LogP contribution in [0.2, 0.25) is 0 Å². The first kappa shape index (κ1) is 15.1. The van der Waals surface area contributed by atoms with Gasteiger partial charge in [-0.05, 0) is 38.1 Å². The Balaban J connectivity index is 1.73. The number of benzene rings is 2. The van der Waals surface area contributed by atoms with Crippen LogP contribution in [0.4, 0.5) is 10.5 Å². The fourth-order valence-electron chi connectivity index (χ4n) is 2.54. The molecule has 0 fully saturated rings. The summed E-state index contributed by atoms with van der Waals surface area (Å²) in [6.07, 6.45) is 0. The van der Waals surface area contributed by atoms with E-state index in [0.717, 1.165) is 27.9 Å². The molecule has 0 unspecified atom stereocenters. The minimum absolute atomic E-state index is 0.150. The van der Waals surface area contributed by atoms with Gasteiger partial charge in [0.2, 0.25) is 0 Å². The molecular formula is C18H19N3O2. The lowest BCUT2D eigenvalue weighted by atomic mass is 10.1. The minimum Gasteiger partial charge on any atom is -0.356 e. The second-order valence-corrected chi connectivity index (χ2v) is 5.37. The largest absolute Gasteiger partial charge is 0.356 e. The van der Waals surface area contributed by atoms with E-state index in [0.29, 0.717) is 13.1 Å². The topological polar surface area (TPSA) is 58.4 Å². The van der Waals surface area contributed by atoms with Gasteiger partial charge in [0, 0.05) is 17.6 Å². The number of hydrogen-bond acceptors (Lipinski definition) is 3. The summed E-state index contributed by atoms with van der Waals surface area (Å²) in [5.41, 5.74) is 3.47. The van der Waals surface area contributed by atoms with E-state index < -0.39 is 0 Å². The summed E-state index contributed by atoms with van der Waals surface area (Å²) >= 11 is 0. The van der Waals surface area contributed by atoms with E-state index in [1.165, 1.54) is 0 Å². The Morgan fingerprint density at radius 2 is 2.00 bits per heavy atom. The normalized spacial score (nSPS) is 10.7. The molecule has 0 aliphatic heterocycles. The van der Waals surface area contributed by atoms with Crippen molar-refractivity contribution in [1.82, 2.24) is 10.5 Å². The number of carbonyl (C=O) groups is 1. The highest BCUT2D eigenvalue weighted by atomic mass is 16.5. The summed E-state index contributed by atoms with van der Waals surface area (Å²) in [7, 11) is 0. The van der Waals surface area contributed by atoms with Crippen LogP contribution in [0, 0.1) is 6.92 Å². The third kappa shape index (κ3) is 3.18. The molecule has 3 rings (SSSR count). The molecule has 5 nitrogen and oxygen atoms in total. The standard InChI is InChI=1S/C18H19N3O2/c1-3-21(14-7-5-4-6-8-14)18(22)19-12-16-15-11-13(2)9-10-17(15)23-20-16/h4-11H,3,12H2,1-2H3,(H,19,22). The molecule has 0 spiro atoms. The van der Waals surface area contributed by atoms with Crippen LogP contribution in [-0.2, 0) is 6.54 Å². The lowest BCUT2D eigenvalue weighted by Crippen LogP contribution is -2.39. The number of fused-ring (bicyclic) bond motifs is 1. The van der Waals surface area contributed by atoms with Gasteiger partial charge in [-0.1, -0.05) is 35.0 Å². The SMILES string of the molecule is CCN(C(=O)NCc1noc2ccc(C)cc12)c1ccccc1. The van der Waals surface area contributed by atoms with Crippen molar-refractivity contribution < 1.29 is 9.32 Å². The number of aromatic nitrogens is 1. The third-order valence-electron chi connectivity index (χ3n) is 3.74. The zero-order chi connectivity index (χ0) is 16.2. The van der Waals surface area contributed by atoms with Crippen LogP contribution >= 0.6 is 0 Å². The van der Waals surface area contributed by atoms with Gasteiger partial charge in [0.15, 0.2) is 5.58 Å². The number of para-hydroxylation sites is 1. The van der Waals surface area contributed by atoms with Crippen molar-refractivity contribution in [1.29, 1.82) is 0 Å². The Morgan fingerprint density at radius 3 is 2.74 bits per heavy atom. The summed E-state index contributed by atoms with van der Waals surface area (Å²) in [6.45, 7) is 4.89. The Bertz CT molecular complexity index is 812. The first-order valence-corrected chi connectivity index (χ1v) is 7.64. The van der Waals surface area contributed by atoms with E-state index in [1.54, 1.807) is 4.90 Å². The summed E-state index contributed by atoms with van der Waals surface area (Å²) in [5, 5.41) is 7.91. The first-order chi connectivity index (χ1) is 11.2. The smallest absolute Gasteiger partial charge is 0.322 e. The van der Waals surface area contributed by atoms with E-state index in [2.05, 4.69) is 10.5 Å². The molecule has 0 saturated heterocycles. The van der Waals surface area contributed by atoms with Gasteiger partial charge in [0.25, 0.3) is 0 Å². The van der Waals surface area contributed by atoms with Gasteiger partial charge in [0.05, 0.1) is 6.54 Å². The summed E-state index contributed by atoms with van der Waals surface area (Å²) in [4.78, 5) is 14.1. The summed E-state index contributed by atoms with van der Waals surface area (Å²) in [6, 6.07) is 15.3. The number of urea groups is 1. The molecular weight excluding hydrogens is 290 g/mol. The summed E-state index contributed by atoms with van der Waals surface area (Å²) < 4.78 is 5.29. The molecule has 0 bridgehead atoms. The molecule has 5 heteroatoms. The third-order valence-corrected chi connectivity index (χ3v) is 3.74. The second-order valence-electron chi connectivity index (χ2n) is 5.37. The van der Waals surface area contributed by atoms with Gasteiger partial charge in [0.1, 0.15) is 5.69 Å². The van der Waals surface area contributed by atoms with E-state index >= 15 is 0 Å². The van der Waals surface area contributed by atoms with Gasteiger partial charge >= 0.3 is 6.03 Å². The molecule has 1 heterocycles. The summed E-state index contributed by atoms with van der Waals surface area (Å²) in [5.74, 6) is 0. The number of amides is 2. The predicted molar refractivity (Wildman–Crippen MR) is 90.4 cm³/mol. The minimum atomic E-state index is -0.150. The Labute approximate surface area is 134 Å².